The fraction of sp³-hybridized carbons (Fsp3) is 0.154. The highest BCUT2D eigenvalue weighted by Crippen LogP contribution is 2.25. The molecule has 0 radical (unpaired) electrons. The lowest BCUT2D eigenvalue weighted by Gasteiger charge is -2.11. The summed E-state index contributed by atoms with van der Waals surface area (Å²) in [6.45, 7) is 1.87. The number of aromatic nitrogens is 1. The van der Waals surface area contributed by atoms with E-state index in [1.807, 2.05) is 13.0 Å². The van der Waals surface area contributed by atoms with E-state index in [1.165, 1.54) is 18.2 Å². The van der Waals surface area contributed by atoms with Crippen molar-refractivity contribution in [3.8, 4) is 0 Å². The van der Waals surface area contributed by atoms with Gasteiger partial charge in [0.15, 0.2) is 0 Å². The number of rotatable bonds is 2. The monoisotopic (exact) mass is 251 g/mol. The zero-order valence-electron chi connectivity index (χ0n) is 9.19. The second kappa shape index (κ2) is 4.82. The normalized spacial score (nSPS) is 12.5. The third-order valence-electron chi connectivity index (χ3n) is 2.51. The molecule has 1 atom stereocenters. The van der Waals surface area contributed by atoms with Crippen LogP contribution in [0.15, 0.2) is 36.5 Å². The highest BCUT2D eigenvalue weighted by atomic mass is 35.5. The molecule has 88 valence electrons. The maximum Gasteiger partial charge on any atom is 0.141 e. The minimum absolute atomic E-state index is 0.00150. The molecule has 2 aromatic rings. The molecule has 17 heavy (non-hydrogen) atoms. The van der Waals surface area contributed by atoms with Crippen molar-refractivity contribution in [3.05, 3.63) is 64.2 Å². The number of hydrogen-bond acceptors (Lipinski definition) is 2. The van der Waals surface area contributed by atoms with Crippen LogP contribution in [0, 0.1) is 12.7 Å². The van der Waals surface area contributed by atoms with Gasteiger partial charge in [-0.1, -0.05) is 23.7 Å². The first-order valence-corrected chi connectivity index (χ1v) is 5.51. The van der Waals surface area contributed by atoms with Crippen LogP contribution < -0.4 is 0 Å². The lowest BCUT2D eigenvalue weighted by atomic mass is 10.0. The molecule has 0 fully saturated rings. The first-order valence-electron chi connectivity index (χ1n) is 5.13. The molecule has 0 aliphatic carbocycles. The van der Waals surface area contributed by atoms with E-state index in [2.05, 4.69) is 4.98 Å². The molecule has 0 spiro atoms. The summed E-state index contributed by atoms with van der Waals surface area (Å²) < 4.78 is 13.0. The number of nitrogens with zero attached hydrogens (tertiary/aromatic N) is 1. The minimum Gasteiger partial charge on any atom is -0.384 e. The lowest BCUT2D eigenvalue weighted by Crippen LogP contribution is -2.01. The molecule has 1 N–H and O–H groups in total. The van der Waals surface area contributed by atoms with E-state index in [0.29, 0.717) is 11.1 Å². The number of aliphatic hydroxyl groups is 1. The number of pyridine rings is 1. The summed E-state index contributed by atoms with van der Waals surface area (Å²) >= 11 is 5.67. The molecule has 1 aromatic heterocycles. The second-order valence-electron chi connectivity index (χ2n) is 3.81. The Balaban J connectivity index is 2.33. The topological polar surface area (TPSA) is 33.1 Å². The summed E-state index contributed by atoms with van der Waals surface area (Å²) in [7, 11) is 0. The smallest absolute Gasteiger partial charge is 0.141 e. The molecule has 0 amide bonds. The Labute approximate surface area is 104 Å². The molecule has 0 saturated carbocycles. The number of aryl methyl sites for hydroxylation is 1. The first kappa shape index (κ1) is 12.0. The molecular formula is C13H11ClFNO. The second-order valence-corrected chi connectivity index (χ2v) is 4.22. The van der Waals surface area contributed by atoms with Crippen molar-refractivity contribution in [2.75, 3.05) is 0 Å². The van der Waals surface area contributed by atoms with Crippen molar-refractivity contribution in [1.29, 1.82) is 0 Å². The highest BCUT2D eigenvalue weighted by molar-refractivity contribution is 6.30. The molecule has 0 bridgehead atoms. The van der Waals surface area contributed by atoms with Crippen molar-refractivity contribution in [2.24, 2.45) is 0 Å². The molecule has 1 heterocycles. The van der Waals surface area contributed by atoms with Crippen LogP contribution in [-0.4, -0.2) is 10.1 Å². The summed E-state index contributed by atoms with van der Waals surface area (Å²) in [5.74, 6) is -0.496. The molecule has 0 saturated heterocycles. The summed E-state index contributed by atoms with van der Waals surface area (Å²) in [5.41, 5.74) is 2.07. The molecular weight excluding hydrogens is 241 g/mol. The van der Waals surface area contributed by atoms with Crippen LogP contribution in [0.2, 0.25) is 5.02 Å². The molecule has 2 rings (SSSR count). The van der Waals surface area contributed by atoms with Gasteiger partial charge in [-0.25, -0.2) is 4.39 Å². The number of halogens is 2. The summed E-state index contributed by atoms with van der Waals surface area (Å²) in [6, 6.07) is 7.75. The van der Waals surface area contributed by atoms with Gasteiger partial charge < -0.3 is 5.11 Å². The predicted octanol–water partition coefficient (Wildman–Crippen LogP) is 3.26. The fourth-order valence-corrected chi connectivity index (χ4v) is 1.70. The zero-order valence-corrected chi connectivity index (χ0v) is 9.95. The van der Waals surface area contributed by atoms with Crippen LogP contribution in [0.5, 0.6) is 0 Å². The van der Waals surface area contributed by atoms with Gasteiger partial charge in [-0.15, -0.1) is 0 Å². The zero-order chi connectivity index (χ0) is 12.4. The fourth-order valence-electron chi connectivity index (χ4n) is 1.52. The van der Waals surface area contributed by atoms with Gasteiger partial charge in [-0.3, -0.25) is 4.98 Å². The standard InChI is InChI=1S/C13H11ClFNO/c1-8-2-3-10(7-16-8)13(17)9-4-5-12(15)11(14)6-9/h2-7,13,17H,1H3. The lowest BCUT2D eigenvalue weighted by molar-refractivity contribution is 0.219. The number of benzene rings is 1. The Morgan fingerprint density at radius 2 is 1.94 bits per heavy atom. The summed E-state index contributed by atoms with van der Waals surface area (Å²) in [6.07, 6.45) is 0.748. The Morgan fingerprint density at radius 3 is 2.53 bits per heavy atom. The van der Waals surface area contributed by atoms with E-state index < -0.39 is 11.9 Å². The predicted molar refractivity (Wildman–Crippen MR) is 64.4 cm³/mol. The third kappa shape index (κ3) is 2.62. The molecule has 2 nitrogen and oxygen atoms in total. The van der Waals surface area contributed by atoms with Crippen LogP contribution >= 0.6 is 11.6 Å². The quantitative estimate of drug-likeness (QED) is 0.889. The van der Waals surface area contributed by atoms with Crippen molar-refractivity contribution in [2.45, 2.75) is 13.0 Å². The van der Waals surface area contributed by atoms with Crippen LogP contribution in [0.4, 0.5) is 4.39 Å². The largest absolute Gasteiger partial charge is 0.384 e. The van der Waals surface area contributed by atoms with Gasteiger partial charge in [0.05, 0.1) is 5.02 Å². The van der Waals surface area contributed by atoms with E-state index in [1.54, 1.807) is 12.3 Å². The van der Waals surface area contributed by atoms with Crippen LogP contribution in [0.25, 0.3) is 0 Å². The van der Waals surface area contributed by atoms with E-state index in [0.717, 1.165) is 5.69 Å². The maximum atomic E-state index is 13.0. The first-order chi connectivity index (χ1) is 8.08. The van der Waals surface area contributed by atoms with Crippen molar-refractivity contribution < 1.29 is 9.50 Å². The van der Waals surface area contributed by atoms with E-state index in [4.69, 9.17) is 11.6 Å². The van der Waals surface area contributed by atoms with Gasteiger partial charge in [0.1, 0.15) is 11.9 Å². The molecule has 1 aromatic carbocycles. The van der Waals surface area contributed by atoms with Crippen LogP contribution in [0.3, 0.4) is 0 Å². The molecule has 0 aliphatic heterocycles. The van der Waals surface area contributed by atoms with E-state index >= 15 is 0 Å². The van der Waals surface area contributed by atoms with Crippen LogP contribution in [0.1, 0.15) is 22.9 Å². The van der Waals surface area contributed by atoms with Gasteiger partial charge in [0.2, 0.25) is 0 Å². The van der Waals surface area contributed by atoms with Crippen LogP contribution in [-0.2, 0) is 0 Å². The Kier molecular flexibility index (Phi) is 3.41. The SMILES string of the molecule is Cc1ccc(C(O)c2ccc(F)c(Cl)c2)cn1. The number of aliphatic hydroxyl groups excluding tert-OH is 1. The average Bonchev–Trinajstić information content (AvgIpc) is 2.33. The van der Waals surface area contributed by atoms with Gasteiger partial charge in [-0.2, -0.15) is 0 Å². The van der Waals surface area contributed by atoms with E-state index in [-0.39, 0.29) is 5.02 Å². The average molecular weight is 252 g/mol. The third-order valence-corrected chi connectivity index (χ3v) is 2.80. The van der Waals surface area contributed by atoms with Crippen molar-refractivity contribution >= 4 is 11.6 Å². The Morgan fingerprint density at radius 1 is 1.24 bits per heavy atom. The minimum atomic E-state index is -0.846. The molecule has 0 aliphatic rings. The van der Waals surface area contributed by atoms with Gasteiger partial charge in [0, 0.05) is 17.5 Å². The molecule has 1 unspecified atom stereocenters. The van der Waals surface area contributed by atoms with Gasteiger partial charge >= 0.3 is 0 Å². The van der Waals surface area contributed by atoms with Gasteiger partial charge in [0.25, 0.3) is 0 Å². The van der Waals surface area contributed by atoms with E-state index in [9.17, 15) is 9.50 Å². The maximum absolute atomic E-state index is 13.0. The highest BCUT2D eigenvalue weighted by Gasteiger charge is 2.12. The summed E-state index contributed by atoms with van der Waals surface area (Å²) in [5, 5.41) is 10.1. The van der Waals surface area contributed by atoms with Gasteiger partial charge in [-0.05, 0) is 30.7 Å². The number of hydrogen-bond donors (Lipinski definition) is 1. The summed E-state index contributed by atoms with van der Waals surface area (Å²) in [4.78, 5) is 4.10. The van der Waals surface area contributed by atoms with Crippen molar-refractivity contribution in [3.63, 3.8) is 0 Å². The Bertz CT molecular complexity index is 527. The Hall–Kier alpha value is -1.45. The van der Waals surface area contributed by atoms with Crippen molar-refractivity contribution in [1.82, 2.24) is 4.98 Å². The molecule has 4 heteroatoms.